The maximum Gasteiger partial charge on any atom is 0.567 e. The van der Waals surface area contributed by atoms with Crippen molar-refractivity contribution in [2.45, 2.75) is 44.1 Å². The van der Waals surface area contributed by atoms with Crippen molar-refractivity contribution >= 4 is 13.9 Å². The van der Waals surface area contributed by atoms with Gasteiger partial charge in [0.2, 0.25) is 0 Å². The molecule has 0 spiro atoms. The van der Waals surface area contributed by atoms with Gasteiger partial charge in [-0.15, -0.1) is 0 Å². The Morgan fingerprint density at radius 1 is 1.13 bits per heavy atom. The summed E-state index contributed by atoms with van der Waals surface area (Å²) < 4.78 is 4.75. The smallest absolute Gasteiger partial charge is 0.395 e. The van der Waals surface area contributed by atoms with Crippen LogP contribution in [0.1, 0.15) is 48.8 Å². The van der Waals surface area contributed by atoms with Crippen molar-refractivity contribution in [3.63, 3.8) is 0 Å². The zero-order valence-electron chi connectivity index (χ0n) is 17.1. The second-order valence-corrected chi connectivity index (χ2v) is 9.24. The molecule has 5 N–H and O–H groups in total. The number of benzene rings is 2. The minimum absolute atomic E-state index is 0.0784. The van der Waals surface area contributed by atoms with Crippen molar-refractivity contribution < 1.29 is 24.0 Å². The molecule has 0 aromatic heterocycles. The third-order valence-electron chi connectivity index (χ3n) is 5.50. The van der Waals surface area contributed by atoms with Gasteiger partial charge in [-0.3, -0.25) is 0 Å². The maximum absolute atomic E-state index is 9.02. The van der Waals surface area contributed by atoms with Gasteiger partial charge in [0.1, 0.15) is 13.2 Å². The van der Waals surface area contributed by atoms with Crippen LogP contribution in [-0.4, -0.2) is 39.1 Å². The van der Waals surface area contributed by atoms with Gasteiger partial charge in [0.15, 0.2) is 0 Å². The van der Waals surface area contributed by atoms with Crippen LogP contribution >= 0.6 is 8.17 Å². The summed E-state index contributed by atoms with van der Waals surface area (Å²) in [6, 6.07) is 18.3. The van der Waals surface area contributed by atoms with Gasteiger partial charge in [-0.25, -0.2) is 0 Å². The van der Waals surface area contributed by atoms with Crippen LogP contribution in [-0.2, 0) is 15.8 Å². The molecule has 2 atom stereocenters. The summed E-state index contributed by atoms with van der Waals surface area (Å²) in [5.74, 6) is 0.260. The molecule has 3 rings (SSSR count). The van der Waals surface area contributed by atoms with Gasteiger partial charge < -0.3 is 10.6 Å². The van der Waals surface area contributed by atoms with Gasteiger partial charge in [0.25, 0.3) is 0 Å². The summed E-state index contributed by atoms with van der Waals surface area (Å²) >= 11 is 0. The van der Waals surface area contributed by atoms with E-state index >= 15 is 0 Å². The summed E-state index contributed by atoms with van der Waals surface area (Å²) in [7, 11) is -4.25. The zero-order valence-corrected chi connectivity index (χ0v) is 18.0. The Bertz CT molecular complexity index is 839. The van der Waals surface area contributed by atoms with E-state index in [0.29, 0.717) is 19.4 Å². The predicted molar refractivity (Wildman–Crippen MR) is 118 cm³/mol. The Balaban J connectivity index is 1.50. The zero-order chi connectivity index (χ0) is 21.6. The van der Waals surface area contributed by atoms with E-state index < -0.39 is 13.7 Å². The first-order valence-electron chi connectivity index (χ1n) is 10.1. The van der Waals surface area contributed by atoms with Gasteiger partial charge in [-0.1, -0.05) is 59.8 Å². The SMILES string of the molecule is C/C(=N\OCCc1ccccc1)c1ccc([C@H]2CC[C@](N)(CO[P+](O)(O)O)C2)cc1. The van der Waals surface area contributed by atoms with Gasteiger partial charge in [-0.2, -0.15) is 19.2 Å². The summed E-state index contributed by atoms with van der Waals surface area (Å²) in [6.45, 7) is 2.37. The Morgan fingerprint density at radius 3 is 2.50 bits per heavy atom. The molecular weight excluding hydrogens is 403 g/mol. The fourth-order valence-electron chi connectivity index (χ4n) is 3.79. The molecule has 2 aromatic carbocycles. The summed E-state index contributed by atoms with van der Waals surface area (Å²) in [6.07, 6.45) is 3.04. The number of nitrogens with zero attached hydrogens (tertiary/aromatic N) is 1. The lowest BCUT2D eigenvalue weighted by Gasteiger charge is -2.22. The average Bonchev–Trinajstić information content (AvgIpc) is 3.13. The van der Waals surface area contributed by atoms with Gasteiger partial charge >= 0.3 is 8.17 Å². The van der Waals surface area contributed by atoms with Crippen molar-refractivity contribution in [2.75, 3.05) is 13.2 Å². The molecule has 0 unspecified atom stereocenters. The molecule has 2 aromatic rings. The first-order valence-corrected chi connectivity index (χ1v) is 11.6. The molecule has 0 aliphatic heterocycles. The highest BCUT2D eigenvalue weighted by Crippen LogP contribution is 2.48. The van der Waals surface area contributed by atoms with Gasteiger partial charge in [-0.05, 0) is 48.8 Å². The summed E-state index contributed by atoms with van der Waals surface area (Å²) in [4.78, 5) is 32.5. The number of rotatable bonds is 9. The van der Waals surface area contributed by atoms with Crippen LogP contribution in [0.25, 0.3) is 0 Å². The third kappa shape index (κ3) is 6.84. The van der Waals surface area contributed by atoms with Crippen molar-refractivity contribution in [2.24, 2.45) is 10.9 Å². The van der Waals surface area contributed by atoms with Crippen molar-refractivity contribution in [1.82, 2.24) is 0 Å². The van der Waals surface area contributed by atoms with Gasteiger partial charge in [0, 0.05) is 12.0 Å². The molecule has 1 saturated carbocycles. The van der Waals surface area contributed by atoms with Crippen LogP contribution < -0.4 is 5.73 Å². The number of hydrogen-bond donors (Lipinski definition) is 4. The Hall–Kier alpha value is -1.86. The molecule has 162 valence electrons. The molecule has 0 amide bonds. The highest BCUT2D eigenvalue weighted by atomic mass is 31.2. The van der Waals surface area contributed by atoms with E-state index in [9.17, 15) is 0 Å². The van der Waals surface area contributed by atoms with Crippen LogP contribution in [0.2, 0.25) is 0 Å². The topological polar surface area (TPSA) is 118 Å². The van der Waals surface area contributed by atoms with Crippen LogP contribution in [0.4, 0.5) is 0 Å². The number of oxime groups is 1. The van der Waals surface area contributed by atoms with E-state index in [4.69, 9.17) is 29.8 Å². The standard InChI is InChI=1S/C22H30N2O5P/c1-17(24-28-14-12-18-5-3-2-4-6-18)19-7-9-20(10-8-19)21-11-13-22(23,15-21)16-29-30(25,26)27/h2-10,21,25-27H,11-16,23H2,1H3/q+1/b24-17+/t21-,22+/m0/s1. The number of hydrogen-bond acceptors (Lipinski definition) is 7. The molecule has 1 aliphatic carbocycles. The van der Waals surface area contributed by atoms with E-state index in [2.05, 4.69) is 29.4 Å². The molecule has 1 fully saturated rings. The lowest BCUT2D eigenvalue weighted by molar-refractivity contribution is 0.125. The summed E-state index contributed by atoms with van der Waals surface area (Å²) in [5, 5.41) is 4.22. The third-order valence-corrected chi connectivity index (χ3v) is 5.97. The second-order valence-electron chi connectivity index (χ2n) is 7.96. The van der Waals surface area contributed by atoms with Crippen LogP contribution in [0.15, 0.2) is 59.8 Å². The van der Waals surface area contributed by atoms with Crippen molar-refractivity contribution in [3.05, 3.63) is 71.3 Å². The molecule has 0 bridgehead atoms. The van der Waals surface area contributed by atoms with Crippen molar-refractivity contribution in [1.29, 1.82) is 0 Å². The minimum Gasteiger partial charge on any atom is -0.395 e. The Morgan fingerprint density at radius 2 is 1.83 bits per heavy atom. The normalized spacial score (nSPS) is 22.3. The highest BCUT2D eigenvalue weighted by molar-refractivity contribution is 7.53. The first kappa shape index (κ1) is 22.8. The lowest BCUT2D eigenvalue weighted by atomic mass is 9.93. The fraction of sp³-hybridized carbons (Fsp3) is 0.409. The van der Waals surface area contributed by atoms with E-state index in [0.717, 1.165) is 24.1 Å². The lowest BCUT2D eigenvalue weighted by Crippen LogP contribution is -2.41. The monoisotopic (exact) mass is 433 g/mol. The number of nitrogens with two attached hydrogens (primary N) is 1. The van der Waals surface area contributed by atoms with Crippen molar-refractivity contribution in [3.8, 4) is 0 Å². The van der Waals surface area contributed by atoms with E-state index in [1.807, 2.05) is 37.3 Å². The first-order chi connectivity index (χ1) is 14.2. The van der Waals surface area contributed by atoms with E-state index in [-0.39, 0.29) is 12.5 Å². The Labute approximate surface area is 177 Å². The molecule has 30 heavy (non-hydrogen) atoms. The molecule has 0 heterocycles. The van der Waals surface area contributed by atoms with Gasteiger partial charge in [0.05, 0.1) is 5.71 Å². The van der Waals surface area contributed by atoms with Crippen LogP contribution in [0, 0.1) is 0 Å². The molecule has 0 radical (unpaired) electrons. The second kappa shape index (κ2) is 9.96. The summed E-state index contributed by atoms with van der Waals surface area (Å²) in [5.41, 5.74) is 9.83. The highest BCUT2D eigenvalue weighted by Gasteiger charge is 2.42. The molecular formula is C22H30N2O5P+. The Kier molecular flexibility index (Phi) is 7.58. The molecule has 8 heteroatoms. The quantitative estimate of drug-likeness (QED) is 0.209. The molecule has 1 aliphatic rings. The fourth-order valence-corrected chi connectivity index (χ4v) is 4.22. The average molecular weight is 433 g/mol. The maximum atomic E-state index is 9.02. The van der Waals surface area contributed by atoms with E-state index in [1.54, 1.807) is 0 Å². The predicted octanol–water partition coefficient (Wildman–Crippen LogP) is 3.31. The van der Waals surface area contributed by atoms with Crippen LogP contribution in [0.5, 0.6) is 0 Å². The van der Waals surface area contributed by atoms with Crippen LogP contribution in [0.3, 0.4) is 0 Å². The molecule has 7 nitrogen and oxygen atoms in total. The minimum atomic E-state index is -4.25. The largest absolute Gasteiger partial charge is 0.567 e. The molecule has 0 saturated heterocycles. The van der Waals surface area contributed by atoms with E-state index in [1.165, 1.54) is 11.1 Å².